The maximum absolute atomic E-state index is 13.9. The van der Waals surface area contributed by atoms with Crippen LogP contribution in [0.4, 0.5) is 5.69 Å². The predicted molar refractivity (Wildman–Crippen MR) is 136 cm³/mol. The topological polar surface area (TPSA) is 68.3 Å². The van der Waals surface area contributed by atoms with Crippen LogP contribution in [0.5, 0.6) is 0 Å². The highest BCUT2D eigenvalue weighted by molar-refractivity contribution is 5.91. The van der Waals surface area contributed by atoms with Crippen molar-refractivity contribution in [3.63, 3.8) is 0 Å². The van der Waals surface area contributed by atoms with Gasteiger partial charge in [-0.1, -0.05) is 56.0 Å². The van der Waals surface area contributed by atoms with Crippen LogP contribution in [0.2, 0.25) is 0 Å². The van der Waals surface area contributed by atoms with Crippen LogP contribution in [0.25, 0.3) is 0 Å². The zero-order valence-electron chi connectivity index (χ0n) is 21.3. The van der Waals surface area contributed by atoms with Crippen molar-refractivity contribution in [1.29, 1.82) is 0 Å². The van der Waals surface area contributed by atoms with Crippen molar-refractivity contribution in [3.8, 4) is 0 Å². The number of ether oxygens (including phenoxy) is 1. The Kier molecular flexibility index (Phi) is 8.36. The summed E-state index contributed by atoms with van der Waals surface area (Å²) in [4.78, 5) is 31.1. The third-order valence-corrected chi connectivity index (χ3v) is 8.65. The molecule has 1 aromatic carbocycles. The van der Waals surface area contributed by atoms with E-state index in [1.54, 1.807) is 6.20 Å². The molecule has 4 heterocycles. The zero-order chi connectivity index (χ0) is 24.3. The quantitative estimate of drug-likeness (QED) is 0.365. The number of halogens is 1. The Labute approximate surface area is 220 Å². The van der Waals surface area contributed by atoms with Crippen molar-refractivity contribution in [2.75, 3.05) is 31.5 Å². The lowest BCUT2D eigenvalue weighted by atomic mass is 9.74. The molecule has 6 nitrogen and oxygen atoms in total. The summed E-state index contributed by atoms with van der Waals surface area (Å²) in [5.41, 5.74) is 2.22. The van der Waals surface area contributed by atoms with Crippen molar-refractivity contribution in [2.24, 2.45) is 5.92 Å². The van der Waals surface area contributed by atoms with Gasteiger partial charge in [0.2, 0.25) is 0 Å². The van der Waals surface area contributed by atoms with Crippen LogP contribution in [0.3, 0.4) is 0 Å². The summed E-state index contributed by atoms with van der Waals surface area (Å²) in [6, 6.07) is 14.1. The average Bonchev–Trinajstić information content (AvgIpc) is 3.14. The van der Waals surface area contributed by atoms with Gasteiger partial charge in [-0.2, -0.15) is 0 Å². The fourth-order valence-corrected chi connectivity index (χ4v) is 6.57. The molecule has 194 valence electrons. The van der Waals surface area contributed by atoms with Crippen molar-refractivity contribution in [2.45, 2.75) is 69.8 Å². The minimum Gasteiger partial charge on any atom is -1.00 e. The van der Waals surface area contributed by atoms with Gasteiger partial charge in [0.15, 0.2) is 12.6 Å². The summed E-state index contributed by atoms with van der Waals surface area (Å²) in [5.74, 6) is 0.366. The second-order valence-corrected chi connectivity index (χ2v) is 11.0. The van der Waals surface area contributed by atoms with E-state index in [0.717, 1.165) is 75.1 Å². The maximum atomic E-state index is 13.9. The van der Waals surface area contributed by atoms with Gasteiger partial charge in [-0.3, -0.25) is 14.6 Å². The molecule has 4 fully saturated rings. The number of anilines is 1. The molecule has 1 N–H and O–H groups in total. The number of quaternary nitrogens is 1. The highest BCUT2D eigenvalue weighted by Crippen LogP contribution is 2.42. The molecular formula is C29H38ClN3O3. The normalized spacial score (nSPS) is 26.8. The Morgan fingerprint density at radius 2 is 1.72 bits per heavy atom. The molecule has 7 heteroatoms. The number of nitrogens with one attached hydrogen (secondary N) is 1. The lowest BCUT2D eigenvalue weighted by Gasteiger charge is -2.52. The largest absolute Gasteiger partial charge is 1.00 e. The van der Waals surface area contributed by atoms with Crippen LogP contribution < -0.4 is 17.7 Å². The summed E-state index contributed by atoms with van der Waals surface area (Å²) < 4.78 is 7.13. The van der Waals surface area contributed by atoms with E-state index in [4.69, 9.17) is 4.74 Å². The number of esters is 1. The molecule has 1 saturated carbocycles. The average molecular weight is 512 g/mol. The number of piperidine rings is 3. The molecule has 2 bridgehead atoms. The first-order valence-electron chi connectivity index (χ1n) is 13.3. The van der Waals surface area contributed by atoms with E-state index in [1.807, 2.05) is 37.3 Å². The maximum Gasteiger partial charge on any atom is 0.317 e. The summed E-state index contributed by atoms with van der Waals surface area (Å²) in [6.07, 6.45) is 9.82. The number of fused-ring (bicyclic) bond motifs is 3. The zero-order valence-corrected chi connectivity index (χ0v) is 22.0. The number of aryl methyl sites for hydroxylation is 1. The molecule has 3 aliphatic heterocycles. The molecular weight excluding hydrogens is 474 g/mol. The van der Waals surface area contributed by atoms with E-state index in [9.17, 15) is 9.59 Å². The molecule has 1 amide bonds. The van der Waals surface area contributed by atoms with Gasteiger partial charge in [-0.25, -0.2) is 0 Å². The molecule has 1 atom stereocenters. The number of aromatic nitrogens is 1. The molecule has 2 aromatic rings. The first-order chi connectivity index (χ1) is 17.0. The van der Waals surface area contributed by atoms with Gasteiger partial charge in [0.25, 0.3) is 5.91 Å². The van der Waals surface area contributed by atoms with Crippen LogP contribution in [0, 0.1) is 12.8 Å². The molecule has 36 heavy (non-hydrogen) atoms. The molecule has 1 aliphatic carbocycles. The van der Waals surface area contributed by atoms with Gasteiger partial charge in [0, 0.05) is 24.5 Å². The van der Waals surface area contributed by atoms with Gasteiger partial charge in [-0.15, -0.1) is 0 Å². The smallest absolute Gasteiger partial charge is 0.317 e. The highest BCUT2D eigenvalue weighted by atomic mass is 35.5. The van der Waals surface area contributed by atoms with Gasteiger partial charge in [-0.05, 0) is 37.5 Å². The van der Waals surface area contributed by atoms with Crippen molar-refractivity contribution in [1.82, 2.24) is 4.98 Å². The minimum absolute atomic E-state index is 0. The van der Waals surface area contributed by atoms with E-state index in [1.165, 1.54) is 12.8 Å². The molecule has 4 aliphatic rings. The molecule has 3 saturated heterocycles. The predicted octanol–water partition coefficient (Wildman–Crippen LogP) is 1.78. The van der Waals surface area contributed by atoms with Crippen molar-refractivity contribution in [3.05, 3.63) is 59.9 Å². The Morgan fingerprint density at radius 3 is 2.36 bits per heavy atom. The fourth-order valence-electron chi connectivity index (χ4n) is 6.57. The van der Waals surface area contributed by atoms with Gasteiger partial charge >= 0.3 is 5.97 Å². The van der Waals surface area contributed by atoms with E-state index >= 15 is 0 Å². The molecule has 0 radical (unpaired) electrons. The molecule has 1 aromatic heterocycles. The molecule has 6 rings (SSSR count). The number of pyridine rings is 1. The second kappa shape index (κ2) is 11.3. The van der Waals surface area contributed by atoms with Crippen LogP contribution in [0.1, 0.15) is 62.6 Å². The summed E-state index contributed by atoms with van der Waals surface area (Å²) in [6.45, 7) is 5.03. The number of hydrogen-bond acceptors (Lipinski definition) is 4. The number of nitrogens with zero attached hydrogens (tertiary/aromatic N) is 2. The summed E-state index contributed by atoms with van der Waals surface area (Å²) >= 11 is 0. The first kappa shape index (κ1) is 26.6. The number of carbonyl (C=O) groups is 2. The summed E-state index contributed by atoms with van der Waals surface area (Å²) in [7, 11) is 0. The van der Waals surface area contributed by atoms with Crippen molar-refractivity contribution >= 4 is 17.6 Å². The SMILES string of the molecule is Cc1ccc(NC(=O)C[N+]23CCC(CC2)[C@@H](OC(=O)C2(c4ccccc4)CCCCCC2)C3)cn1.[Cl-]. The standard InChI is InChI=1S/C29H37N3O3.ClH/c1-22-11-12-25(19-30-22)31-27(33)21-32-17-13-23(14-18-32)26(20-32)35-28(34)29(15-7-2-3-8-16-29)24-9-5-4-6-10-24;/h4-6,9-12,19,23,26H,2-3,7-8,13-18,20-21H2,1H3;1H/t23?,26-,32?;/m0./s1. The Hall–Kier alpha value is -2.44. The Morgan fingerprint density at radius 1 is 1.03 bits per heavy atom. The fraction of sp³-hybridized carbons (Fsp3) is 0.552. The number of rotatable bonds is 6. The van der Waals surface area contributed by atoms with Gasteiger partial charge in [0.1, 0.15) is 6.54 Å². The van der Waals surface area contributed by atoms with Gasteiger partial charge in [0.05, 0.1) is 30.4 Å². The van der Waals surface area contributed by atoms with Crippen LogP contribution >= 0.6 is 0 Å². The first-order valence-corrected chi connectivity index (χ1v) is 13.3. The van der Waals surface area contributed by atoms with Crippen LogP contribution in [0.15, 0.2) is 48.7 Å². The molecule has 0 spiro atoms. The van der Waals surface area contributed by atoms with E-state index in [2.05, 4.69) is 22.4 Å². The van der Waals surface area contributed by atoms with E-state index in [-0.39, 0.29) is 30.4 Å². The van der Waals surface area contributed by atoms with E-state index < -0.39 is 5.41 Å². The van der Waals surface area contributed by atoms with Crippen LogP contribution in [-0.4, -0.2) is 53.6 Å². The Balaban J connectivity index is 0.00000304. The van der Waals surface area contributed by atoms with Gasteiger partial charge < -0.3 is 26.9 Å². The monoisotopic (exact) mass is 511 g/mol. The number of benzene rings is 1. The third-order valence-electron chi connectivity index (χ3n) is 8.65. The molecule has 0 unspecified atom stereocenters. The second-order valence-electron chi connectivity index (χ2n) is 11.0. The number of carbonyl (C=O) groups excluding carboxylic acids is 2. The number of hydrogen-bond donors (Lipinski definition) is 1. The van der Waals surface area contributed by atoms with E-state index in [0.29, 0.717) is 16.9 Å². The summed E-state index contributed by atoms with van der Waals surface area (Å²) in [5, 5.41) is 3.01. The lowest BCUT2D eigenvalue weighted by Crippen LogP contribution is -3.00. The van der Waals surface area contributed by atoms with Crippen molar-refractivity contribution < 1.29 is 31.2 Å². The highest BCUT2D eigenvalue weighted by Gasteiger charge is 2.51. The number of amides is 1. The lowest BCUT2D eigenvalue weighted by molar-refractivity contribution is -0.939. The van der Waals surface area contributed by atoms with Crippen LogP contribution in [-0.2, 0) is 19.7 Å². The Bertz CT molecular complexity index is 1030. The third kappa shape index (κ3) is 5.60. The minimum atomic E-state index is -0.537.